The van der Waals surface area contributed by atoms with Crippen molar-refractivity contribution in [3.8, 4) is 0 Å². The number of rotatable bonds is 5. The zero-order valence-electron chi connectivity index (χ0n) is 17.4. The molecule has 1 heterocycles. The summed E-state index contributed by atoms with van der Waals surface area (Å²) in [5.41, 5.74) is 9.77. The highest BCUT2D eigenvalue weighted by molar-refractivity contribution is 6.13. The average molecular weight is 417 g/mol. The molecule has 0 saturated carbocycles. The van der Waals surface area contributed by atoms with Gasteiger partial charge in [0.05, 0.1) is 11.3 Å². The molecule has 0 saturated heterocycles. The largest absolute Gasteiger partial charge is 0.409 e. The number of amides is 2. The van der Waals surface area contributed by atoms with Crippen LogP contribution in [0, 0.1) is 20.8 Å². The van der Waals surface area contributed by atoms with Gasteiger partial charge in [0.1, 0.15) is 5.82 Å². The highest BCUT2D eigenvalue weighted by Crippen LogP contribution is 2.25. The molecular weight excluding hydrogens is 394 g/mol. The Kier molecular flexibility index (Phi) is 6.30. The summed E-state index contributed by atoms with van der Waals surface area (Å²) in [4.78, 5) is 29.9. The van der Waals surface area contributed by atoms with Gasteiger partial charge in [-0.25, -0.2) is 4.98 Å². The summed E-state index contributed by atoms with van der Waals surface area (Å²) in [5.74, 6) is -0.392. The van der Waals surface area contributed by atoms with Gasteiger partial charge in [-0.15, -0.1) is 0 Å². The Morgan fingerprint density at radius 1 is 0.903 bits per heavy atom. The van der Waals surface area contributed by atoms with Gasteiger partial charge in [0.15, 0.2) is 5.84 Å². The van der Waals surface area contributed by atoms with Crippen molar-refractivity contribution < 1.29 is 14.8 Å². The van der Waals surface area contributed by atoms with E-state index in [4.69, 9.17) is 10.9 Å². The zero-order chi connectivity index (χ0) is 22.5. The summed E-state index contributed by atoms with van der Waals surface area (Å²) >= 11 is 0. The number of carbonyl (C=O) groups is 2. The lowest BCUT2D eigenvalue weighted by Gasteiger charge is -2.15. The Balaban J connectivity index is 1.87. The molecule has 2 amide bonds. The fraction of sp³-hybridized carbons (Fsp3) is 0.130. The molecule has 1 aromatic heterocycles. The number of pyridine rings is 1. The fourth-order valence-electron chi connectivity index (χ4n) is 3.07. The molecule has 0 aliphatic rings. The monoisotopic (exact) mass is 417 g/mol. The van der Waals surface area contributed by atoms with E-state index in [-0.39, 0.29) is 17.6 Å². The van der Waals surface area contributed by atoms with Gasteiger partial charge in [-0.05, 0) is 61.7 Å². The molecule has 0 unspecified atom stereocenters. The van der Waals surface area contributed by atoms with Crippen molar-refractivity contribution in [2.24, 2.45) is 10.9 Å². The number of hydrogen-bond donors (Lipinski definition) is 4. The van der Waals surface area contributed by atoms with Gasteiger partial charge in [0.25, 0.3) is 11.8 Å². The first-order valence-electron chi connectivity index (χ1n) is 9.53. The summed E-state index contributed by atoms with van der Waals surface area (Å²) in [6.07, 6.45) is 1.66. The van der Waals surface area contributed by atoms with Crippen LogP contribution >= 0.6 is 0 Å². The molecule has 8 nitrogen and oxygen atoms in total. The zero-order valence-corrected chi connectivity index (χ0v) is 17.4. The van der Waals surface area contributed by atoms with Gasteiger partial charge >= 0.3 is 0 Å². The summed E-state index contributed by atoms with van der Waals surface area (Å²) in [6.45, 7) is 5.62. The lowest BCUT2D eigenvalue weighted by Crippen LogP contribution is -2.20. The number of nitrogens with zero attached hydrogens (tertiary/aromatic N) is 2. The molecule has 0 aliphatic heterocycles. The topological polar surface area (TPSA) is 130 Å². The quantitative estimate of drug-likeness (QED) is 0.218. The van der Waals surface area contributed by atoms with Crippen LogP contribution in [0.5, 0.6) is 0 Å². The Morgan fingerprint density at radius 3 is 2.19 bits per heavy atom. The third-order valence-corrected chi connectivity index (χ3v) is 4.67. The molecule has 5 N–H and O–H groups in total. The lowest BCUT2D eigenvalue weighted by atomic mass is 10.0. The van der Waals surface area contributed by atoms with E-state index in [0.717, 1.165) is 16.7 Å². The van der Waals surface area contributed by atoms with Gasteiger partial charge in [0.2, 0.25) is 0 Å². The number of hydrogen-bond acceptors (Lipinski definition) is 5. The molecular formula is C23H23N5O3. The first kappa shape index (κ1) is 21.5. The maximum atomic E-state index is 12.9. The third-order valence-electron chi connectivity index (χ3n) is 4.67. The van der Waals surface area contributed by atoms with Crippen LogP contribution in [0.15, 0.2) is 59.9 Å². The number of carbonyl (C=O) groups excluding carboxylic acids is 2. The van der Waals surface area contributed by atoms with Crippen molar-refractivity contribution in [3.63, 3.8) is 0 Å². The molecule has 3 aromatic rings. The van der Waals surface area contributed by atoms with Crippen molar-refractivity contribution in [1.82, 2.24) is 4.98 Å². The van der Waals surface area contributed by atoms with Crippen LogP contribution in [0.4, 0.5) is 11.5 Å². The Hall–Kier alpha value is -4.20. The molecule has 2 aromatic carbocycles. The molecule has 0 fully saturated rings. The minimum absolute atomic E-state index is 0.0509. The van der Waals surface area contributed by atoms with Crippen LogP contribution < -0.4 is 16.4 Å². The first-order chi connectivity index (χ1) is 14.8. The molecule has 0 spiro atoms. The molecule has 0 atom stereocenters. The number of nitrogens with two attached hydrogens (primary N) is 1. The SMILES string of the molecule is Cc1ccc(NC(=O)c2cc(C)cc(C)c2NC(=O)c2ccc(/C(N)=N\O)cc2)nc1. The van der Waals surface area contributed by atoms with E-state index in [0.29, 0.717) is 28.2 Å². The number of nitrogens with one attached hydrogen (secondary N) is 2. The summed E-state index contributed by atoms with van der Waals surface area (Å²) < 4.78 is 0. The molecule has 158 valence electrons. The van der Waals surface area contributed by atoms with Gasteiger partial charge in [0, 0.05) is 17.3 Å². The van der Waals surface area contributed by atoms with Gasteiger partial charge < -0.3 is 21.6 Å². The van der Waals surface area contributed by atoms with Gasteiger partial charge in [-0.2, -0.15) is 0 Å². The van der Waals surface area contributed by atoms with E-state index in [2.05, 4.69) is 20.8 Å². The first-order valence-corrected chi connectivity index (χ1v) is 9.53. The highest BCUT2D eigenvalue weighted by Gasteiger charge is 2.18. The van der Waals surface area contributed by atoms with Crippen LogP contribution in [-0.4, -0.2) is 27.8 Å². The smallest absolute Gasteiger partial charge is 0.258 e. The molecule has 3 rings (SSSR count). The van der Waals surface area contributed by atoms with Crippen molar-refractivity contribution in [3.05, 3.63) is 88.1 Å². The van der Waals surface area contributed by atoms with Crippen LogP contribution in [0.2, 0.25) is 0 Å². The second-order valence-corrected chi connectivity index (χ2v) is 7.20. The maximum absolute atomic E-state index is 12.9. The molecule has 0 bridgehead atoms. The van der Waals surface area contributed by atoms with Crippen molar-refractivity contribution >= 4 is 29.2 Å². The number of benzene rings is 2. The number of anilines is 2. The fourth-order valence-corrected chi connectivity index (χ4v) is 3.07. The summed E-state index contributed by atoms with van der Waals surface area (Å²) in [7, 11) is 0. The average Bonchev–Trinajstić information content (AvgIpc) is 2.76. The number of oxime groups is 1. The Morgan fingerprint density at radius 2 is 1.58 bits per heavy atom. The number of aromatic nitrogens is 1. The Bertz CT molecular complexity index is 1150. The molecule has 31 heavy (non-hydrogen) atoms. The normalized spacial score (nSPS) is 11.1. The summed E-state index contributed by atoms with van der Waals surface area (Å²) in [6, 6.07) is 13.4. The predicted octanol–water partition coefficient (Wildman–Crippen LogP) is 3.61. The maximum Gasteiger partial charge on any atom is 0.258 e. The lowest BCUT2D eigenvalue weighted by molar-refractivity contribution is 0.102. The van der Waals surface area contributed by atoms with E-state index < -0.39 is 0 Å². The van der Waals surface area contributed by atoms with Crippen LogP contribution in [0.3, 0.4) is 0 Å². The third kappa shape index (κ3) is 5.05. The van der Waals surface area contributed by atoms with Crippen LogP contribution in [0.1, 0.15) is 43.0 Å². The van der Waals surface area contributed by atoms with Crippen LogP contribution in [0.25, 0.3) is 0 Å². The number of aryl methyl sites for hydroxylation is 3. The minimum atomic E-state index is -0.388. The van der Waals surface area contributed by atoms with E-state index in [1.165, 1.54) is 0 Å². The Labute approximate surface area is 179 Å². The second kappa shape index (κ2) is 9.08. The number of amidine groups is 1. The molecule has 0 aliphatic carbocycles. The van der Waals surface area contributed by atoms with Crippen molar-refractivity contribution in [2.75, 3.05) is 10.6 Å². The predicted molar refractivity (Wildman–Crippen MR) is 120 cm³/mol. The molecule has 8 heteroatoms. The van der Waals surface area contributed by atoms with E-state index in [1.54, 1.807) is 42.6 Å². The highest BCUT2D eigenvalue weighted by atomic mass is 16.4. The standard InChI is InChI=1S/C23H23N5O3/c1-13-4-9-19(25-12-13)26-23(30)18-11-14(2)10-15(3)20(18)27-22(29)17-7-5-16(6-8-17)21(24)28-31/h4-12,31H,1-3H3,(H2,24,28)(H,27,29)(H,25,26,30). The van der Waals surface area contributed by atoms with Crippen LogP contribution in [-0.2, 0) is 0 Å². The van der Waals surface area contributed by atoms with Crippen molar-refractivity contribution in [1.29, 1.82) is 0 Å². The van der Waals surface area contributed by atoms with E-state index in [9.17, 15) is 9.59 Å². The molecule has 0 radical (unpaired) electrons. The van der Waals surface area contributed by atoms with E-state index in [1.807, 2.05) is 32.9 Å². The van der Waals surface area contributed by atoms with Crippen molar-refractivity contribution in [2.45, 2.75) is 20.8 Å². The van der Waals surface area contributed by atoms with E-state index >= 15 is 0 Å². The second-order valence-electron chi connectivity index (χ2n) is 7.20. The minimum Gasteiger partial charge on any atom is -0.409 e. The summed E-state index contributed by atoms with van der Waals surface area (Å²) in [5, 5.41) is 17.3. The van der Waals surface area contributed by atoms with Gasteiger partial charge in [-0.1, -0.05) is 29.4 Å². The van der Waals surface area contributed by atoms with Gasteiger partial charge in [-0.3, -0.25) is 9.59 Å².